The molecule has 9 nitrogen and oxygen atoms in total. The van der Waals surface area contributed by atoms with Gasteiger partial charge in [0.2, 0.25) is 0 Å². The zero-order chi connectivity index (χ0) is 30.5. The predicted octanol–water partition coefficient (Wildman–Crippen LogP) is 4.15. The number of alkyl halides is 3. The predicted molar refractivity (Wildman–Crippen MR) is 150 cm³/mol. The molecule has 4 heterocycles. The molecule has 6 rings (SSSR count). The van der Waals surface area contributed by atoms with Gasteiger partial charge in [-0.2, -0.15) is 18.3 Å². The first kappa shape index (κ1) is 29.2. The van der Waals surface area contributed by atoms with E-state index in [0.29, 0.717) is 50.4 Å². The quantitative estimate of drug-likeness (QED) is 0.505. The Hall–Kier alpha value is -3.85. The van der Waals surface area contributed by atoms with Crippen molar-refractivity contribution in [1.29, 1.82) is 0 Å². The Morgan fingerprint density at radius 1 is 1.16 bits per heavy atom. The first-order chi connectivity index (χ1) is 20.6. The van der Waals surface area contributed by atoms with E-state index >= 15 is 0 Å². The summed E-state index contributed by atoms with van der Waals surface area (Å²) in [7, 11) is 0. The number of amides is 3. The van der Waals surface area contributed by atoms with Crippen LogP contribution in [0.5, 0.6) is 0 Å². The third-order valence-electron chi connectivity index (χ3n) is 9.03. The van der Waals surface area contributed by atoms with Crippen LogP contribution in [0.3, 0.4) is 0 Å². The fourth-order valence-corrected chi connectivity index (χ4v) is 6.75. The second-order valence-electron chi connectivity index (χ2n) is 11.7. The molecule has 2 aromatic rings. The number of carbonyl (C=O) groups excluding carboxylic acids is 3. The van der Waals surface area contributed by atoms with Gasteiger partial charge in [0, 0.05) is 43.3 Å². The third-order valence-corrected chi connectivity index (χ3v) is 9.03. The van der Waals surface area contributed by atoms with Crippen molar-refractivity contribution >= 4 is 23.5 Å². The maximum absolute atomic E-state index is 14.2. The van der Waals surface area contributed by atoms with Crippen LogP contribution in [-0.2, 0) is 15.7 Å². The van der Waals surface area contributed by atoms with Gasteiger partial charge in [-0.25, -0.2) is 4.68 Å². The van der Waals surface area contributed by atoms with Gasteiger partial charge in [-0.1, -0.05) is 12.0 Å². The van der Waals surface area contributed by atoms with Gasteiger partial charge in [-0.15, -0.1) is 6.42 Å². The van der Waals surface area contributed by atoms with Crippen molar-refractivity contribution in [2.75, 3.05) is 31.2 Å². The molecule has 3 aliphatic heterocycles. The van der Waals surface area contributed by atoms with Gasteiger partial charge in [0.15, 0.2) is 5.69 Å². The Bertz CT molecular complexity index is 1470. The molecule has 12 heteroatoms. The van der Waals surface area contributed by atoms with Gasteiger partial charge >= 0.3 is 6.18 Å². The second-order valence-corrected chi connectivity index (χ2v) is 11.7. The van der Waals surface area contributed by atoms with Gasteiger partial charge in [-0.05, 0) is 69.6 Å². The number of anilines is 1. The van der Waals surface area contributed by atoms with E-state index in [4.69, 9.17) is 16.3 Å². The summed E-state index contributed by atoms with van der Waals surface area (Å²) < 4.78 is 47.5. The summed E-state index contributed by atoms with van der Waals surface area (Å²) in [4.78, 5) is 45.0. The number of benzene rings is 1. The monoisotopic (exact) mass is 597 g/mol. The number of nitrogens with one attached hydrogen (secondary N) is 1. The minimum Gasteiger partial charge on any atom is -0.381 e. The number of hydrogen-bond donors (Lipinski definition) is 1. The molecule has 0 unspecified atom stereocenters. The summed E-state index contributed by atoms with van der Waals surface area (Å²) in [5, 5.41) is 7.67. The maximum Gasteiger partial charge on any atom is 0.416 e. The van der Waals surface area contributed by atoms with Crippen LogP contribution >= 0.6 is 0 Å². The highest BCUT2D eigenvalue weighted by molar-refractivity contribution is 6.07. The number of terminal acetylenes is 1. The molecule has 0 bridgehead atoms. The molecule has 2 saturated heterocycles. The summed E-state index contributed by atoms with van der Waals surface area (Å²) in [6.45, 7) is 3.60. The van der Waals surface area contributed by atoms with Gasteiger partial charge in [-0.3, -0.25) is 19.3 Å². The zero-order valence-corrected chi connectivity index (χ0v) is 23.9. The molecular formula is C31H34F3N5O4. The molecule has 0 radical (unpaired) electrons. The van der Waals surface area contributed by atoms with Crippen LogP contribution in [0.1, 0.15) is 89.4 Å². The molecule has 1 saturated carbocycles. The molecular weight excluding hydrogens is 563 g/mol. The van der Waals surface area contributed by atoms with Crippen molar-refractivity contribution in [3.05, 3.63) is 46.6 Å². The summed E-state index contributed by atoms with van der Waals surface area (Å²) >= 11 is 0. The molecule has 228 valence electrons. The lowest BCUT2D eigenvalue weighted by Crippen LogP contribution is -2.56. The van der Waals surface area contributed by atoms with E-state index in [9.17, 15) is 27.6 Å². The molecule has 3 amide bonds. The lowest BCUT2D eigenvalue weighted by atomic mass is 9.82. The lowest BCUT2D eigenvalue weighted by Gasteiger charge is -2.39. The summed E-state index contributed by atoms with van der Waals surface area (Å²) in [5.74, 6) is 1.23. The van der Waals surface area contributed by atoms with E-state index in [0.717, 1.165) is 31.4 Å². The highest BCUT2D eigenvalue weighted by atomic mass is 19.4. The number of nitrogens with zero attached hydrogens (tertiary/aromatic N) is 4. The lowest BCUT2D eigenvalue weighted by molar-refractivity contribution is -0.137. The number of ether oxygens (including phenoxy) is 1. The average molecular weight is 598 g/mol. The van der Waals surface area contributed by atoms with Crippen LogP contribution in [0, 0.1) is 18.3 Å². The molecule has 3 atom stereocenters. The van der Waals surface area contributed by atoms with Crippen molar-refractivity contribution < 1.29 is 32.3 Å². The van der Waals surface area contributed by atoms with Crippen molar-refractivity contribution in [1.82, 2.24) is 20.0 Å². The number of carbonyl (C=O) groups is 3. The van der Waals surface area contributed by atoms with E-state index in [1.54, 1.807) is 14.5 Å². The van der Waals surface area contributed by atoms with Crippen molar-refractivity contribution in [2.45, 2.75) is 75.7 Å². The Balaban J connectivity index is 1.45. The molecule has 0 spiro atoms. The zero-order valence-electron chi connectivity index (χ0n) is 23.9. The first-order valence-electron chi connectivity index (χ1n) is 14.9. The summed E-state index contributed by atoms with van der Waals surface area (Å²) in [5.41, 5.74) is -0.318. The summed E-state index contributed by atoms with van der Waals surface area (Å²) in [6.07, 6.45) is 5.48. The highest BCUT2D eigenvalue weighted by Gasteiger charge is 2.52. The van der Waals surface area contributed by atoms with Gasteiger partial charge in [0.25, 0.3) is 17.7 Å². The van der Waals surface area contributed by atoms with Crippen molar-refractivity contribution in [3.63, 3.8) is 0 Å². The molecule has 4 aliphatic rings. The van der Waals surface area contributed by atoms with Gasteiger partial charge in [0.05, 0.1) is 17.6 Å². The Morgan fingerprint density at radius 2 is 1.91 bits per heavy atom. The van der Waals surface area contributed by atoms with Gasteiger partial charge in [0.1, 0.15) is 11.9 Å². The average Bonchev–Trinajstić information content (AvgIpc) is 3.59. The number of aromatic nitrogens is 2. The Labute approximate surface area is 247 Å². The number of likely N-dealkylation sites (tertiary alicyclic amines) is 1. The minimum atomic E-state index is -4.62. The number of halogens is 3. The molecule has 3 fully saturated rings. The second kappa shape index (κ2) is 11.3. The highest BCUT2D eigenvalue weighted by Crippen LogP contribution is 2.52. The van der Waals surface area contributed by atoms with Crippen LogP contribution < -0.4 is 10.2 Å². The number of rotatable bonds is 6. The van der Waals surface area contributed by atoms with Gasteiger partial charge < -0.3 is 15.0 Å². The standard InChI is InChI=1S/C31H34F3N5O4/c1-3-21-9-6-14-38(21)30(42)26-24-23(18-10-11-18)25(35-27(40)19-7-5-8-20(17-19)31(32,33)34)29(41)37(4-2)28(24)39(36-26)22-12-15-43-16-13-22/h1,5,7-8,17-18,21-23,25H,4,6,9-16H2,2H3,(H,35,40)/t21-,23+,25+/m1/s1. The molecule has 1 N–H and O–H groups in total. The van der Waals surface area contributed by atoms with E-state index in [-0.39, 0.29) is 47.6 Å². The summed E-state index contributed by atoms with van der Waals surface area (Å²) in [6, 6.07) is 2.60. The number of hydrogen-bond acceptors (Lipinski definition) is 5. The number of likely N-dealkylation sites (N-methyl/N-ethyl adjacent to an activating group) is 1. The largest absolute Gasteiger partial charge is 0.416 e. The van der Waals surface area contributed by atoms with E-state index in [1.165, 1.54) is 12.1 Å². The van der Waals surface area contributed by atoms with E-state index in [1.807, 2.05) is 6.92 Å². The fraction of sp³-hybridized carbons (Fsp3) is 0.548. The SMILES string of the molecule is C#C[C@@H]1CCCN1C(=O)c1nn(C2CCOCC2)c2c1[C@H](C1CC1)[C@H](NC(=O)c1cccc(C(F)(F)F)c1)C(=O)N2CC. The molecule has 1 aliphatic carbocycles. The van der Waals surface area contributed by atoms with Crippen molar-refractivity contribution in [2.24, 2.45) is 5.92 Å². The Morgan fingerprint density at radius 3 is 2.56 bits per heavy atom. The first-order valence-corrected chi connectivity index (χ1v) is 14.9. The third kappa shape index (κ3) is 5.28. The van der Waals surface area contributed by atoms with Crippen LogP contribution in [0.2, 0.25) is 0 Å². The van der Waals surface area contributed by atoms with Crippen LogP contribution in [0.15, 0.2) is 24.3 Å². The minimum absolute atomic E-state index is 0.00517. The normalized spacial score (nSPS) is 24.5. The van der Waals surface area contributed by atoms with E-state index in [2.05, 4.69) is 11.2 Å². The molecule has 1 aromatic heterocycles. The Kier molecular flexibility index (Phi) is 7.71. The van der Waals surface area contributed by atoms with Crippen LogP contribution in [0.25, 0.3) is 0 Å². The van der Waals surface area contributed by atoms with Crippen LogP contribution in [0.4, 0.5) is 19.0 Å². The topological polar surface area (TPSA) is 96.8 Å². The van der Waals surface area contributed by atoms with Crippen molar-refractivity contribution in [3.8, 4) is 12.3 Å². The molecule has 43 heavy (non-hydrogen) atoms. The van der Waals surface area contributed by atoms with Crippen LogP contribution in [-0.4, -0.2) is 70.8 Å². The van der Waals surface area contributed by atoms with E-state index < -0.39 is 29.6 Å². The maximum atomic E-state index is 14.2. The smallest absolute Gasteiger partial charge is 0.381 e. The number of fused-ring (bicyclic) bond motifs is 1. The fourth-order valence-electron chi connectivity index (χ4n) is 6.75. The molecule has 1 aromatic carbocycles.